The minimum Gasteiger partial charge on any atom is -0.366 e. The number of benzene rings is 1. The number of aryl methyl sites for hydroxylation is 1. The zero-order valence-electron chi connectivity index (χ0n) is 19.3. The fourth-order valence-corrected chi connectivity index (χ4v) is 4.59. The van der Waals surface area contributed by atoms with Crippen molar-refractivity contribution in [2.24, 2.45) is 11.7 Å². The third kappa shape index (κ3) is 4.56. The van der Waals surface area contributed by atoms with E-state index in [-0.39, 0.29) is 5.91 Å². The summed E-state index contributed by atoms with van der Waals surface area (Å²) >= 11 is 0. The molecule has 3 aromatic rings. The van der Waals surface area contributed by atoms with E-state index in [9.17, 15) is 9.59 Å². The van der Waals surface area contributed by atoms with Gasteiger partial charge in [0.05, 0.1) is 30.1 Å². The van der Waals surface area contributed by atoms with Crippen molar-refractivity contribution in [1.82, 2.24) is 34.8 Å². The van der Waals surface area contributed by atoms with Crippen LogP contribution in [0.3, 0.4) is 0 Å². The van der Waals surface area contributed by atoms with Crippen molar-refractivity contribution in [3.63, 3.8) is 0 Å². The summed E-state index contributed by atoms with van der Waals surface area (Å²) < 4.78 is 1.82. The number of carbonyl (C=O) groups is 2. The Morgan fingerprint density at radius 2 is 1.88 bits per heavy atom. The molecule has 0 aliphatic carbocycles. The second-order valence-corrected chi connectivity index (χ2v) is 8.99. The lowest BCUT2D eigenvalue weighted by Gasteiger charge is -2.41. The van der Waals surface area contributed by atoms with Gasteiger partial charge in [-0.1, -0.05) is 12.1 Å². The molecule has 2 saturated heterocycles. The highest BCUT2D eigenvalue weighted by molar-refractivity contribution is 5.96. The molecular formula is C23H29N9O2. The SMILES string of the molecule is CCc1cnc(N2CCN(C(=O)CN3CC(Cn4nnc5ccc(C(N)=O)cc54)C3)CC2)cn1. The molecule has 2 amide bonds. The smallest absolute Gasteiger partial charge is 0.248 e. The van der Waals surface area contributed by atoms with E-state index >= 15 is 0 Å². The first-order valence-corrected chi connectivity index (χ1v) is 11.7. The van der Waals surface area contributed by atoms with Gasteiger partial charge < -0.3 is 15.5 Å². The van der Waals surface area contributed by atoms with Gasteiger partial charge in [-0.15, -0.1) is 5.10 Å². The molecular weight excluding hydrogens is 434 g/mol. The van der Waals surface area contributed by atoms with E-state index in [4.69, 9.17) is 5.73 Å². The summed E-state index contributed by atoms with van der Waals surface area (Å²) in [4.78, 5) is 39.5. The number of hydrogen-bond donors (Lipinski definition) is 1. The molecule has 2 aromatic heterocycles. The second-order valence-electron chi connectivity index (χ2n) is 8.99. The predicted molar refractivity (Wildman–Crippen MR) is 126 cm³/mol. The minimum atomic E-state index is -0.467. The van der Waals surface area contributed by atoms with E-state index in [0.717, 1.165) is 55.1 Å². The Hall–Kier alpha value is -3.60. The van der Waals surface area contributed by atoms with E-state index in [2.05, 4.69) is 37.0 Å². The summed E-state index contributed by atoms with van der Waals surface area (Å²) in [5.41, 5.74) is 8.37. The van der Waals surface area contributed by atoms with E-state index in [1.54, 1.807) is 18.2 Å². The van der Waals surface area contributed by atoms with Crippen molar-refractivity contribution in [1.29, 1.82) is 0 Å². The Balaban J connectivity index is 1.08. The molecule has 0 atom stereocenters. The lowest BCUT2D eigenvalue weighted by molar-refractivity contribution is -0.134. The maximum absolute atomic E-state index is 12.8. The molecule has 4 heterocycles. The van der Waals surface area contributed by atoms with Gasteiger partial charge in [-0.2, -0.15) is 0 Å². The molecule has 2 aliphatic heterocycles. The van der Waals surface area contributed by atoms with Gasteiger partial charge in [0, 0.05) is 57.3 Å². The molecule has 0 radical (unpaired) electrons. The van der Waals surface area contributed by atoms with Gasteiger partial charge >= 0.3 is 0 Å². The van der Waals surface area contributed by atoms with Gasteiger partial charge in [0.25, 0.3) is 0 Å². The number of nitrogens with two attached hydrogens (primary N) is 1. The molecule has 0 bridgehead atoms. The summed E-state index contributed by atoms with van der Waals surface area (Å²) in [6, 6.07) is 5.16. The molecule has 0 unspecified atom stereocenters. The number of primary amides is 1. The average molecular weight is 464 g/mol. The van der Waals surface area contributed by atoms with Crippen LogP contribution in [0.2, 0.25) is 0 Å². The Morgan fingerprint density at radius 3 is 2.56 bits per heavy atom. The molecule has 0 saturated carbocycles. The van der Waals surface area contributed by atoms with Crippen LogP contribution in [0, 0.1) is 5.92 Å². The Kier molecular flexibility index (Phi) is 6.10. The Bertz CT molecular complexity index is 1180. The number of nitrogens with zero attached hydrogens (tertiary/aromatic N) is 8. The number of amides is 2. The summed E-state index contributed by atoms with van der Waals surface area (Å²) in [7, 11) is 0. The van der Waals surface area contributed by atoms with Crippen molar-refractivity contribution in [2.45, 2.75) is 19.9 Å². The van der Waals surface area contributed by atoms with Crippen LogP contribution in [0.5, 0.6) is 0 Å². The van der Waals surface area contributed by atoms with Gasteiger partial charge in [0.1, 0.15) is 11.3 Å². The number of rotatable bonds is 7. The molecule has 34 heavy (non-hydrogen) atoms. The largest absolute Gasteiger partial charge is 0.366 e. The number of anilines is 1. The van der Waals surface area contributed by atoms with Gasteiger partial charge in [-0.25, -0.2) is 9.67 Å². The molecule has 1 aromatic carbocycles. The summed E-state index contributed by atoms with van der Waals surface area (Å²) in [6.45, 7) is 7.78. The molecule has 2 fully saturated rings. The zero-order chi connectivity index (χ0) is 23.7. The number of aromatic nitrogens is 5. The molecule has 2 N–H and O–H groups in total. The van der Waals surface area contributed by atoms with Crippen LogP contribution in [0.4, 0.5) is 5.82 Å². The molecule has 11 nitrogen and oxygen atoms in total. The zero-order valence-corrected chi connectivity index (χ0v) is 19.3. The first kappa shape index (κ1) is 22.2. The van der Waals surface area contributed by atoms with Crippen LogP contribution in [-0.4, -0.2) is 92.4 Å². The topological polar surface area (TPSA) is 126 Å². The van der Waals surface area contributed by atoms with Crippen molar-refractivity contribution in [2.75, 3.05) is 50.7 Å². The third-order valence-corrected chi connectivity index (χ3v) is 6.63. The molecule has 5 rings (SSSR count). The second kappa shape index (κ2) is 9.34. The van der Waals surface area contributed by atoms with Gasteiger partial charge in [0.2, 0.25) is 11.8 Å². The molecule has 178 valence electrons. The van der Waals surface area contributed by atoms with Crippen LogP contribution in [0.25, 0.3) is 11.0 Å². The van der Waals surface area contributed by atoms with Gasteiger partial charge in [0.15, 0.2) is 0 Å². The minimum absolute atomic E-state index is 0.169. The lowest BCUT2D eigenvalue weighted by atomic mass is 10.00. The van der Waals surface area contributed by atoms with Gasteiger partial charge in [-0.05, 0) is 24.6 Å². The number of piperazine rings is 1. The molecule has 0 spiro atoms. The lowest BCUT2D eigenvalue weighted by Crippen LogP contribution is -2.55. The van der Waals surface area contributed by atoms with Gasteiger partial charge in [-0.3, -0.25) is 19.5 Å². The van der Waals surface area contributed by atoms with Crippen LogP contribution >= 0.6 is 0 Å². The summed E-state index contributed by atoms with van der Waals surface area (Å²) in [6.07, 6.45) is 4.52. The highest BCUT2D eigenvalue weighted by atomic mass is 16.2. The number of likely N-dealkylation sites (tertiary alicyclic amines) is 1. The van der Waals surface area contributed by atoms with E-state index < -0.39 is 5.91 Å². The maximum atomic E-state index is 12.8. The summed E-state index contributed by atoms with van der Waals surface area (Å²) in [5.74, 6) is 0.962. The number of carbonyl (C=O) groups excluding carboxylic acids is 2. The monoisotopic (exact) mass is 463 g/mol. The third-order valence-electron chi connectivity index (χ3n) is 6.63. The van der Waals surface area contributed by atoms with Crippen molar-refractivity contribution in [3.05, 3.63) is 41.9 Å². The van der Waals surface area contributed by atoms with Crippen molar-refractivity contribution < 1.29 is 9.59 Å². The first-order valence-electron chi connectivity index (χ1n) is 11.7. The normalized spacial score (nSPS) is 17.2. The van der Waals surface area contributed by atoms with Crippen LogP contribution in [0.15, 0.2) is 30.6 Å². The average Bonchev–Trinajstić information content (AvgIpc) is 3.24. The number of hydrogen-bond acceptors (Lipinski definition) is 8. The predicted octanol–water partition coefficient (Wildman–Crippen LogP) is 0.163. The quantitative estimate of drug-likeness (QED) is 0.525. The number of fused-ring (bicyclic) bond motifs is 1. The van der Waals surface area contributed by atoms with Crippen LogP contribution < -0.4 is 10.6 Å². The highest BCUT2D eigenvalue weighted by Gasteiger charge is 2.31. The fraction of sp³-hybridized carbons (Fsp3) is 0.478. The maximum Gasteiger partial charge on any atom is 0.248 e. The van der Waals surface area contributed by atoms with Crippen LogP contribution in [-0.2, 0) is 17.8 Å². The van der Waals surface area contributed by atoms with Crippen molar-refractivity contribution >= 4 is 28.7 Å². The highest BCUT2D eigenvalue weighted by Crippen LogP contribution is 2.21. The molecule has 11 heteroatoms. The Morgan fingerprint density at radius 1 is 1.09 bits per heavy atom. The van der Waals surface area contributed by atoms with Crippen molar-refractivity contribution in [3.8, 4) is 0 Å². The van der Waals surface area contributed by atoms with E-state index in [1.807, 2.05) is 22.0 Å². The first-order chi connectivity index (χ1) is 16.5. The van der Waals surface area contributed by atoms with Crippen LogP contribution in [0.1, 0.15) is 23.0 Å². The standard InChI is InChI=1S/C23H29N9O2/c1-2-18-10-26-21(11-25-18)30-5-7-31(8-6-30)22(33)15-29-12-16(13-29)14-32-20-9-17(23(24)34)3-4-19(20)27-28-32/h3-4,9-11,16H,2,5-8,12-15H2,1H3,(H2,24,34). The Labute approximate surface area is 197 Å². The summed E-state index contributed by atoms with van der Waals surface area (Å²) in [5, 5.41) is 8.40. The van der Waals surface area contributed by atoms with E-state index in [0.29, 0.717) is 37.7 Å². The van der Waals surface area contributed by atoms with E-state index in [1.165, 1.54) is 0 Å². The molecule has 2 aliphatic rings. The fourth-order valence-electron chi connectivity index (χ4n) is 4.59.